The Morgan fingerprint density at radius 1 is 1.12 bits per heavy atom. The van der Waals surface area contributed by atoms with Crippen molar-refractivity contribution in [2.75, 3.05) is 6.54 Å². The fourth-order valence-electron chi connectivity index (χ4n) is 3.12. The average Bonchev–Trinajstić information content (AvgIpc) is 2.87. The molecule has 1 fully saturated rings. The van der Waals surface area contributed by atoms with Crippen molar-refractivity contribution < 1.29 is 24.2 Å². The lowest BCUT2D eigenvalue weighted by molar-refractivity contribution is -0.140. The van der Waals surface area contributed by atoms with Gasteiger partial charge in [-0.25, -0.2) is 4.39 Å². The summed E-state index contributed by atoms with van der Waals surface area (Å²) in [6, 6.07) is 13.0. The molecular formula is C20H18FNO4. The molecule has 0 aliphatic carbocycles. The van der Waals surface area contributed by atoms with E-state index in [2.05, 4.69) is 0 Å². The number of aliphatic hydroxyl groups excluding tert-OH is 2. The van der Waals surface area contributed by atoms with Gasteiger partial charge in [-0.15, -0.1) is 0 Å². The molecule has 1 amide bonds. The highest BCUT2D eigenvalue weighted by molar-refractivity contribution is 6.46. The smallest absolute Gasteiger partial charge is 0.295 e. The molecule has 0 saturated carbocycles. The number of nitrogens with zero attached hydrogens (tertiary/aromatic N) is 1. The van der Waals surface area contributed by atoms with Gasteiger partial charge in [-0.2, -0.15) is 0 Å². The van der Waals surface area contributed by atoms with Crippen LogP contribution in [0.2, 0.25) is 0 Å². The van der Waals surface area contributed by atoms with E-state index in [-0.39, 0.29) is 23.4 Å². The van der Waals surface area contributed by atoms with Crippen LogP contribution in [0.25, 0.3) is 5.76 Å². The highest BCUT2D eigenvalue weighted by Gasteiger charge is 2.47. The summed E-state index contributed by atoms with van der Waals surface area (Å²) in [5, 5.41) is 20.4. The summed E-state index contributed by atoms with van der Waals surface area (Å²) in [5.41, 5.74) is 0.251. The van der Waals surface area contributed by atoms with Crippen molar-refractivity contribution in [1.29, 1.82) is 0 Å². The topological polar surface area (TPSA) is 77.8 Å². The van der Waals surface area contributed by atoms with Crippen LogP contribution in [0.5, 0.6) is 0 Å². The number of carbonyl (C=O) groups excluding carboxylic acids is 2. The molecule has 134 valence electrons. The summed E-state index contributed by atoms with van der Waals surface area (Å²) < 4.78 is 14.4. The fourth-order valence-corrected chi connectivity index (χ4v) is 3.12. The maximum Gasteiger partial charge on any atom is 0.295 e. The summed E-state index contributed by atoms with van der Waals surface area (Å²) >= 11 is 0. The first kappa shape index (κ1) is 17.8. The van der Waals surface area contributed by atoms with Crippen LogP contribution >= 0.6 is 0 Å². The maximum atomic E-state index is 14.4. The molecule has 0 spiro atoms. The minimum Gasteiger partial charge on any atom is -0.507 e. The Hall–Kier alpha value is -2.99. The van der Waals surface area contributed by atoms with E-state index in [4.69, 9.17) is 0 Å². The normalized spacial score (nSPS) is 20.4. The number of β-amino-alcohol motifs (C(OH)–C–C–N with tert-alkyl or cyclic N) is 1. The molecule has 2 atom stereocenters. The van der Waals surface area contributed by atoms with Crippen LogP contribution in [-0.2, 0) is 9.59 Å². The van der Waals surface area contributed by atoms with Crippen molar-refractivity contribution in [2.24, 2.45) is 0 Å². The molecule has 0 unspecified atom stereocenters. The summed E-state index contributed by atoms with van der Waals surface area (Å²) in [7, 11) is 0. The van der Waals surface area contributed by atoms with E-state index in [9.17, 15) is 24.2 Å². The maximum absolute atomic E-state index is 14.4. The molecule has 0 aromatic heterocycles. The van der Waals surface area contributed by atoms with Crippen LogP contribution in [0.15, 0.2) is 60.2 Å². The van der Waals surface area contributed by atoms with Gasteiger partial charge in [0, 0.05) is 17.7 Å². The number of rotatable bonds is 4. The second-order valence-corrected chi connectivity index (χ2v) is 6.19. The van der Waals surface area contributed by atoms with Gasteiger partial charge in [0.05, 0.1) is 17.7 Å². The first-order valence-corrected chi connectivity index (χ1v) is 8.18. The monoisotopic (exact) mass is 355 g/mol. The van der Waals surface area contributed by atoms with Gasteiger partial charge in [0.2, 0.25) is 0 Å². The van der Waals surface area contributed by atoms with Gasteiger partial charge in [-0.05, 0) is 13.0 Å². The zero-order chi connectivity index (χ0) is 18.8. The second kappa shape index (κ2) is 7.09. The van der Waals surface area contributed by atoms with Gasteiger partial charge in [0.15, 0.2) is 0 Å². The third-order valence-corrected chi connectivity index (χ3v) is 4.25. The standard InChI is InChI=1S/C20H18FNO4/c1-12(23)11-22-17(14-9-5-6-10-15(14)21)16(19(25)20(22)26)18(24)13-7-3-2-4-8-13/h2-10,12,17,23-24H,11H2,1H3/t12-,17-/m0/s1. The lowest BCUT2D eigenvalue weighted by Gasteiger charge is -2.26. The highest BCUT2D eigenvalue weighted by atomic mass is 19.1. The summed E-state index contributed by atoms with van der Waals surface area (Å²) in [6.07, 6.45) is -0.917. The number of benzene rings is 2. The number of halogens is 1. The fraction of sp³-hybridized carbons (Fsp3) is 0.200. The number of likely N-dealkylation sites (tertiary alicyclic amines) is 1. The van der Waals surface area contributed by atoms with Crippen LogP contribution in [0.1, 0.15) is 24.1 Å². The molecular weight excluding hydrogens is 337 g/mol. The first-order chi connectivity index (χ1) is 12.4. The number of ketones is 1. The Kier molecular flexibility index (Phi) is 4.86. The first-order valence-electron chi connectivity index (χ1n) is 8.18. The van der Waals surface area contributed by atoms with Crippen molar-refractivity contribution in [2.45, 2.75) is 19.1 Å². The van der Waals surface area contributed by atoms with Crippen molar-refractivity contribution in [3.63, 3.8) is 0 Å². The van der Waals surface area contributed by atoms with Gasteiger partial charge in [0.25, 0.3) is 11.7 Å². The number of carbonyl (C=O) groups is 2. The SMILES string of the molecule is C[C@H](O)CN1C(=O)C(=O)C(=C(O)c2ccccc2)[C@@H]1c1ccccc1F. The number of aliphatic hydroxyl groups is 2. The molecule has 26 heavy (non-hydrogen) atoms. The van der Waals surface area contributed by atoms with Crippen molar-refractivity contribution in [1.82, 2.24) is 4.90 Å². The molecule has 0 radical (unpaired) electrons. The third kappa shape index (κ3) is 3.11. The molecule has 0 bridgehead atoms. The predicted molar refractivity (Wildman–Crippen MR) is 93.5 cm³/mol. The number of hydrogen-bond donors (Lipinski definition) is 2. The second-order valence-electron chi connectivity index (χ2n) is 6.19. The summed E-state index contributed by atoms with van der Waals surface area (Å²) in [4.78, 5) is 26.2. The van der Waals surface area contributed by atoms with E-state index in [1.165, 1.54) is 25.1 Å². The Morgan fingerprint density at radius 3 is 2.35 bits per heavy atom. The molecule has 2 aromatic carbocycles. The molecule has 1 saturated heterocycles. The molecule has 6 heteroatoms. The van der Waals surface area contributed by atoms with E-state index in [0.717, 1.165) is 4.90 Å². The zero-order valence-electron chi connectivity index (χ0n) is 14.1. The molecule has 2 aromatic rings. The van der Waals surface area contributed by atoms with Crippen molar-refractivity contribution in [3.8, 4) is 0 Å². The highest BCUT2D eigenvalue weighted by Crippen LogP contribution is 2.40. The summed E-state index contributed by atoms with van der Waals surface area (Å²) in [5.74, 6) is -2.75. The van der Waals surface area contributed by atoms with Gasteiger partial charge in [0.1, 0.15) is 11.6 Å². The quantitative estimate of drug-likeness (QED) is 0.502. The van der Waals surface area contributed by atoms with E-state index in [1.54, 1.807) is 36.4 Å². The van der Waals surface area contributed by atoms with E-state index in [1.807, 2.05) is 0 Å². The molecule has 3 rings (SSSR count). The predicted octanol–water partition coefficient (Wildman–Crippen LogP) is 2.63. The molecule has 2 N–H and O–H groups in total. The van der Waals surface area contributed by atoms with Crippen LogP contribution in [-0.4, -0.2) is 39.5 Å². The third-order valence-electron chi connectivity index (χ3n) is 4.25. The number of Topliss-reactive ketones (excluding diaryl/α,β-unsaturated/α-hetero) is 1. The van der Waals surface area contributed by atoms with Gasteiger partial charge >= 0.3 is 0 Å². The average molecular weight is 355 g/mol. The molecule has 1 aliphatic rings. The van der Waals surface area contributed by atoms with Gasteiger partial charge in [-0.3, -0.25) is 9.59 Å². The Labute approximate surface area is 150 Å². The van der Waals surface area contributed by atoms with Gasteiger partial charge < -0.3 is 15.1 Å². The summed E-state index contributed by atoms with van der Waals surface area (Å²) in [6.45, 7) is 1.31. The Bertz CT molecular complexity index is 876. The van der Waals surface area contributed by atoms with Crippen LogP contribution in [0.4, 0.5) is 4.39 Å². The van der Waals surface area contributed by atoms with Crippen molar-refractivity contribution >= 4 is 17.4 Å². The molecule has 1 aliphatic heterocycles. The van der Waals surface area contributed by atoms with Crippen LogP contribution in [0.3, 0.4) is 0 Å². The number of hydrogen-bond acceptors (Lipinski definition) is 4. The zero-order valence-corrected chi connectivity index (χ0v) is 14.1. The Morgan fingerprint density at radius 2 is 1.73 bits per heavy atom. The van der Waals surface area contributed by atoms with Crippen LogP contribution in [0, 0.1) is 5.82 Å². The minimum atomic E-state index is -1.11. The van der Waals surface area contributed by atoms with Crippen molar-refractivity contribution in [3.05, 3.63) is 77.1 Å². The van der Waals surface area contributed by atoms with E-state index in [0.29, 0.717) is 5.56 Å². The van der Waals surface area contributed by atoms with E-state index < -0.39 is 29.7 Å². The van der Waals surface area contributed by atoms with Crippen LogP contribution < -0.4 is 0 Å². The van der Waals surface area contributed by atoms with E-state index >= 15 is 0 Å². The van der Waals surface area contributed by atoms with Gasteiger partial charge in [-0.1, -0.05) is 48.5 Å². The number of amides is 1. The Balaban J connectivity index is 2.22. The molecule has 1 heterocycles. The molecule has 5 nitrogen and oxygen atoms in total. The largest absolute Gasteiger partial charge is 0.507 e. The minimum absolute atomic E-state index is 0.0878. The lowest BCUT2D eigenvalue weighted by Crippen LogP contribution is -2.35. The lowest BCUT2D eigenvalue weighted by atomic mass is 9.95.